The van der Waals surface area contributed by atoms with Crippen LogP contribution >= 0.6 is 0 Å². The molecule has 70 heavy (non-hydrogen) atoms. The molecule has 330 valence electrons. The van der Waals surface area contributed by atoms with E-state index in [4.69, 9.17) is 0 Å². The number of hydrogen-bond donors (Lipinski definition) is 0. The van der Waals surface area contributed by atoms with Crippen LogP contribution in [0, 0.1) is 0 Å². The molecule has 0 amide bonds. The topological polar surface area (TPSA) is 16.3 Å². The molecule has 13 aromatic rings. The number of nitrogens with zero attached hydrogens (tertiary/aromatic N) is 4. The van der Waals surface area contributed by atoms with Crippen molar-refractivity contribution in [3.8, 4) is 33.6 Å². The Hall–Kier alpha value is -9.38. The lowest BCUT2D eigenvalue weighted by molar-refractivity contribution is 1.18. The highest BCUT2D eigenvalue weighted by molar-refractivity contribution is 6.12. The van der Waals surface area contributed by atoms with Crippen LogP contribution in [0.4, 0.5) is 34.1 Å². The van der Waals surface area contributed by atoms with Crippen LogP contribution in [0.1, 0.15) is 0 Å². The van der Waals surface area contributed by atoms with E-state index in [-0.39, 0.29) is 0 Å². The van der Waals surface area contributed by atoms with Crippen molar-refractivity contribution in [2.24, 2.45) is 0 Å². The number of para-hydroxylation sites is 6. The van der Waals surface area contributed by atoms with E-state index in [0.29, 0.717) is 0 Å². The minimum absolute atomic E-state index is 1.09. The molecule has 2 aromatic heterocycles. The van der Waals surface area contributed by atoms with Crippen LogP contribution in [0.3, 0.4) is 0 Å². The lowest BCUT2D eigenvalue weighted by Gasteiger charge is -2.26. The molecule has 0 atom stereocenters. The number of anilines is 6. The maximum absolute atomic E-state index is 2.37. The summed E-state index contributed by atoms with van der Waals surface area (Å²) in [6, 6.07) is 101. The molecule has 0 aliphatic rings. The maximum Gasteiger partial charge on any atom is 0.0542 e. The summed E-state index contributed by atoms with van der Waals surface area (Å²) in [4.78, 5) is 4.69. The van der Waals surface area contributed by atoms with E-state index >= 15 is 0 Å². The van der Waals surface area contributed by atoms with Crippen LogP contribution in [0.2, 0.25) is 0 Å². The van der Waals surface area contributed by atoms with Gasteiger partial charge in [0.1, 0.15) is 0 Å². The fourth-order valence-corrected chi connectivity index (χ4v) is 10.4. The summed E-state index contributed by atoms with van der Waals surface area (Å²) in [5.74, 6) is 0. The van der Waals surface area contributed by atoms with Crippen LogP contribution in [0.15, 0.2) is 279 Å². The van der Waals surface area contributed by atoms with E-state index in [2.05, 4.69) is 298 Å². The Morgan fingerprint density at radius 2 is 0.500 bits per heavy atom. The average Bonchev–Trinajstić information content (AvgIpc) is 3.95. The summed E-state index contributed by atoms with van der Waals surface area (Å²) in [5.41, 5.74) is 18.4. The first-order chi connectivity index (χ1) is 34.7. The molecule has 0 aliphatic heterocycles. The molecule has 0 N–H and O–H groups in total. The third-order valence-electron chi connectivity index (χ3n) is 13.7. The van der Waals surface area contributed by atoms with Crippen molar-refractivity contribution in [2.45, 2.75) is 0 Å². The Morgan fingerprint density at radius 3 is 0.957 bits per heavy atom. The number of fused-ring (bicyclic) bond motifs is 6. The zero-order chi connectivity index (χ0) is 46.4. The van der Waals surface area contributed by atoms with Crippen molar-refractivity contribution in [1.29, 1.82) is 0 Å². The van der Waals surface area contributed by atoms with E-state index in [1.165, 1.54) is 54.7 Å². The van der Waals surface area contributed by atoms with Gasteiger partial charge < -0.3 is 18.9 Å². The summed E-state index contributed by atoms with van der Waals surface area (Å²) in [5, 5.41) is 4.95. The monoisotopic (exact) mass is 894 g/mol. The van der Waals surface area contributed by atoms with Crippen molar-refractivity contribution in [3.05, 3.63) is 279 Å². The van der Waals surface area contributed by atoms with Gasteiger partial charge in [0, 0.05) is 67.0 Å². The van der Waals surface area contributed by atoms with Gasteiger partial charge in [-0.1, -0.05) is 152 Å². The Morgan fingerprint density at radius 1 is 0.200 bits per heavy atom. The van der Waals surface area contributed by atoms with Crippen LogP contribution in [0.25, 0.3) is 77.2 Å². The molecule has 0 saturated carbocycles. The quantitative estimate of drug-likeness (QED) is 0.136. The van der Waals surface area contributed by atoms with Crippen LogP contribution in [-0.2, 0) is 0 Å². The molecule has 2 heterocycles. The number of benzene rings is 11. The van der Waals surface area contributed by atoms with Crippen LogP contribution < -0.4 is 9.80 Å². The molecule has 0 bridgehead atoms. The van der Waals surface area contributed by atoms with Gasteiger partial charge >= 0.3 is 0 Å². The highest BCUT2D eigenvalue weighted by Gasteiger charge is 2.19. The summed E-state index contributed by atoms with van der Waals surface area (Å²) in [6.45, 7) is 0. The van der Waals surface area contributed by atoms with Gasteiger partial charge in [0.25, 0.3) is 0 Å². The Kier molecular flexibility index (Phi) is 10.1. The highest BCUT2D eigenvalue weighted by atomic mass is 15.1. The van der Waals surface area contributed by atoms with E-state index in [1.54, 1.807) is 0 Å². The molecule has 11 aromatic carbocycles. The Labute approximate surface area is 407 Å². The molecule has 4 heteroatoms. The Bertz CT molecular complexity index is 3950. The molecule has 13 rings (SSSR count). The normalized spacial score (nSPS) is 11.4. The molecule has 0 unspecified atom stereocenters. The van der Waals surface area contributed by atoms with Gasteiger partial charge in [-0.3, -0.25) is 0 Å². The van der Waals surface area contributed by atoms with Gasteiger partial charge in [0.2, 0.25) is 0 Å². The number of rotatable bonds is 10. The SMILES string of the molecule is c1ccc(N(c2ccc(-c3ccc(N(c4ccccc4)c4ccc5c(c4)c4ccccc4n5-c4ccccc4)cc3)cc2)c2ccc(-c3ccc4c(c3)c3ccccc3n4-c3ccccc3)cc2)cc1. The fraction of sp³-hybridized carbons (Fsp3) is 0. The lowest BCUT2D eigenvalue weighted by Crippen LogP contribution is -2.10. The molecule has 4 nitrogen and oxygen atoms in total. The molecule has 0 spiro atoms. The van der Waals surface area contributed by atoms with E-state index in [0.717, 1.165) is 56.6 Å². The summed E-state index contributed by atoms with van der Waals surface area (Å²) < 4.78 is 4.73. The smallest absolute Gasteiger partial charge is 0.0542 e. The van der Waals surface area contributed by atoms with Gasteiger partial charge in [-0.25, -0.2) is 0 Å². The molecular weight excluding hydrogens is 849 g/mol. The molecule has 0 aliphatic carbocycles. The summed E-state index contributed by atoms with van der Waals surface area (Å²) >= 11 is 0. The predicted molar refractivity (Wildman–Crippen MR) is 295 cm³/mol. The molecular formula is C66H46N4. The van der Waals surface area contributed by atoms with Gasteiger partial charge in [0.05, 0.1) is 22.1 Å². The van der Waals surface area contributed by atoms with Crippen molar-refractivity contribution in [1.82, 2.24) is 9.13 Å². The second-order valence-electron chi connectivity index (χ2n) is 17.8. The predicted octanol–water partition coefficient (Wildman–Crippen LogP) is 18.2. The van der Waals surface area contributed by atoms with E-state index in [9.17, 15) is 0 Å². The van der Waals surface area contributed by atoms with Crippen LogP contribution in [-0.4, -0.2) is 9.13 Å². The minimum atomic E-state index is 1.09. The third-order valence-corrected chi connectivity index (χ3v) is 13.7. The van der Waals surface area contributed by atoms with E-state index in [1.807, 2.05) is 0 Å². The van der Waals surface area contributed by atoms with Gasteiger partial charge in [-0.05, 0) is 150 Å². The van der Waals surface area contributed by atoms with Crippen molar-refractivity contribution in [3.63, 3.8) is 0 Å². The molecule has 0 saturated heterocycles. The maximum atomic E-state index is 2.37. The number of aromatic nitrogens is 2. The minimum Gasteiger partial charge on any atom is -0.311 e. The van der Waals surface area contributed by atoms with Gasteiger partial charge in [-0.2, -0.15) is 0 Å². The zero-order valence-corrected chi connectivity index (χ0v) is 38.3. The highest BCUT2D eigenvalue weighted by Crippen LogP contribution is 2.42. The third kappa shape index (κ3) is 7.18. The van der Waals surface area contributed by atoms with E-state index < -0.39 is 0 Å². The van der Waals surface area contributed by atoms with Crippen molar-refractivity contribution >= 4 is 77.7 Å². The van der Waals surface area contributed by atoms with Crippen molar-refractivity contribution < 1.29 is 0 Å². The average molecular weight is 895 g/mol. The Balaban J connectivity index is 0.810. The van der Waals surface area contributed by atoms with Crippen LogP contribution in [0.5, 0.6) is 0 Å². The second-order valence-corrected chi connectivity index (χ2v) is 17.8. The van der Waals surface area contributed by atoms with Crippen molar-refractivity contribution in [2.75, 3.05) is 9.80 Å². The molecule has 0 fully saturated rings. The largest absolute Gasteiger partial charge is 0.311 e. The lowest BCUT2D eigenvalue weighted by atomic mass is 10.0. The van der Waals surface area contributed by atoms with Gasteiger partial charge in [0.15, 0.2) is 0 Å². The summed E-state index contributed by atoms with van der Waals surface area (Å²) in [7, 11) is 0. The van der Waals surface area contributed by atoms with Gasteiger partial charge in [-0.15, -0.1) is 0 Å². The standard InChI is InChI=1S/C66H46N4/c1-5-17-51(18-6-1)67(56-40-33-49(34-41-56)50-35-43-65-61(45-50)59-25-13-15-27-63(59)69(65)53-21-9-3-10-22-53)55-36-29-47(30-37-55)48-31-38-57(39-32-48)68(52-19-7-2-8-20-52)58-42-44-66-62(46-58)60-26-14-16-28-64(60)70(66)54-23-11-4-12-24-54/h1-46H. The first kappa shape index (κ1) is 40.9. The zero-order valence-electron chi connectivity index (χ0n) is 38.3. The molecule has 0 radical (unpaired) electrons. The fourth-order valence-electron chi connectivity index (χ4n) is 10.4. The summed E-state index contributed by atoms with van der Waals surface area (Å²) in [6.07, 6.45) is 0. The first-order valence-electron chi connectivity index (χ1n) is 23.9. The number of hydrogen-bond acceptors (Lipinski definition) is 2. The first-order valence-corrected chi connectivity index (χ1v) is 23.9. The second kappa shape index (κ2) is 17.4.